The molecule has 1 fully saturated rings. The van der Waals surface area contributed by atoms with Gasteiger partial charge in [-0.25, -0.2) is 0 Å². The summed E-state index contributed by atoms with van der Waals surface area (Å²) in [6.45, 7) is 4.65. The summed E-state index contributed by atoms with van der Waals surface area (Å²) in [6.07, 6.45) is 3.51. The van der Waals surface area contributed by atoms with Crippen LogP contribution in [0.4, 0.5) is 5.69 Å². The second-order valence-electron chi connectivity index (χ2n) is 5.46. The van der Waals surface area contributed by atoms with Gasteiger partial charge in [-0.05, 0) is 55.9 Å². The van der Waals surface area contributed by atoms with Crippen LogP contribution in [0.2, 0.25) is 0 Å². The van der Waals surface area contributed by atoms with Crippen LogP contribution in [-0.4, -0.2) is 21.5 Å². The Morgan fingerprint density at radius 2 is 1.92 bits per heavy atom. The normalized spacial score (nSPS) is 16.7. The molecule has 1 N–H and O–H groups in total. The number of aromatic nitrogens is 1. The molecular formula is C18H17N3O2S. The molecule has 1 saturated heterocycles. The third kappa shape index (κ3) is 2.76. The third-order valence-electron chi connectivity index (χ3n) is 3.96. The number of nitrogens with one attached hydrogen (secondary N) is 1. The number of hydrogen-bond donors (Lipinski definition) is 1. The average molecular weight is 339 g/mol. The van der Waals surface area contributed by atoms with Crippen molar-refractivity contribution in [1.82, 2.24) is 9.88 Å². The van der Waals surface area contributed by atoms with Crippen molar-refractivity contribution in [2.75, 3.05) is 4.90 Å². The molecule has 0 radical (unpaired) electrons. The van der Waals surface area contributed by atoms with Gasteiger partial charge in [-0.15, -0.1) is 0 Å². The van der Waals surface area contributed by atoms with Crippen molar-refractivity contribution < 1.29 is 9.59 Å². The Balaban J connectivity index is 2.06. The molecule has 0 unspecified atom stereocenters. The number of thiocarbonyl (C=S) groups is 1. The summed E-state index contributed by atoms with van der Waals surface area (Å²) in [7, 11) is 0. The number of hydrogen-bond acceptors (Lipinski definition) is 3. The molecule has 0 bridgehead atoms. The summed E-state index contributed by atoms with van der Waals surface area (Å²) in [6, 6.07) is 11.2. The van der Waals surface area contributed by atoms with Gasteiger partial charge in [0.05, 0.1) is 5.69 Å². The van der Waals surface area contributed by atoms with Crippen LogP contribution in [0.1, 0.15) is 18.2 Å². The van der Waals surface area contributed by atoms with Crippen LogP contribution in [-0.2, 0) is 16.1 Å². The highest BCUT2D eigenvalue weighted by Crippen LogP contribution is 2.25. The highest BCUT2D eigenvalue weighted by atomic mass is 32.1. The standard InChI is InChI=1S/C18H17N3O2S/c1-3-20-10-6-8-13(20)11-14-16(22)19-18(24)21(17(14)23)15-9-5-4-7-12(15)2/h4-11H,3H2,1-2H3,(H,19,22,24)/b14-11+. The van der Waals surface area contributed by atoms with Gasteiger partial charge in [0, 0.05) is 18.4 Å². The highest BCUT2D eigenvalue weighted by Gasteiger charge is 2.35. The summed E-state index contributed by atoms with van der Waals surface area (Å²) in [5.74, 6) is -0.888. The molecule has 3 rings (SSSR count). The van der Waals surface area contributed by atoms with E-state index < -0.39 is 11.8 Å². The summed E-state index contributed by atoms with van der Waals surface area (Å²) in [5, 5.41) is 2.70. The van der Waals surface area contributed by atoms with Crippen LogP contribution in [0.3, 0.4) is 0 Å². The first-order valence-electron chi connectivity index (χ1n) is 7.65. The Kier molecular flexibility index (Phi) is 4.31. The van der Waals surface area contributed by atoms with Crippen molar-refractivity contribution in [3.05, 3.63) is 59.4 Å². The lowest BCUT2D eigenvalue weighted by Crippen LogP contribution is -2.54. The van der Waals surface area contributed by atoms with Crippen molar-refractivity contribution in [3.63, 3.8) is 0 Å². The van der Waals surface area contributed by atoms with Crippen molar-refractivity contribution >= 4 is 40.9 Å². The molecular weight excluding hydrogens is 322 g/mol. The van der Waals surface area contributed by atoms with E-state index in [1.54, 1.807) is 6.08 Å². The molecule has 1 aliphatic rings. The molecule has 1 aromatic carbocycles. The summed E-state index contributed by atoms with van der Waals surface area (Å²) >= 11 is 5.21. The number of amides is 2. The SMILES string of the molecule is CCn1cccc1/C=C1\C(=O)NC(=S)N(c2ccccc2C)C1=O. The molecule has 122 valence electrons. The number of carbonyl (C=O) groups is 2. The van der Waals surface area contributed by atoms with Crippen molar-refractivity contribution in [2.24, 2.45) is 0 Å². The van der Waals surface area contributed by atoms with Gasteiger partial charge in [-0.3, -0.25) is 19.8 Å². The lowest BCUT2D eigenvalue weighted by atomic mass is 10.1. The predicted octanol–water partition coefficient (Wildman–Crippen LogP) is 2.65. The number of aryl methyl sites for hydroxylation is 2. The fourth-order valence-corrected chi connectivity index (χ4v) is 2.96. The molecule has 0 atom stereocenters. The van der Waals surface area contributed by atoms with Crippen LogP contribution in [0.25, 0.3) is 6.08 Å². The maximum absolute atomic E-state index is 12.9. The maximum Gasteiger partial charge on any atom is 0.270 e. The van der Waals surface area contributed by atoms with Crippen LogP contribution in [0.5, 0.6) is 0 Å². The van der Waals surface area contributed by atoms with Gasteiger partial charge < -0.3 is 4.57 Å². The first-order valence-corrected chi connectivity index (χ1v) is 8.06. The number of carbonyl (C=O) groups excluding carboxylic acids is 2. The minimum Gasteiger partial charge on any atom is -0.348 e. The van der Waals surface area contributed by atoms with Gasteiger partial charge >= 0.3 is 0 Å². The Bertz CT molecular complexity index is 867. The van der Waals surface area contributed by atoms with E-state index in [1.165, 1.54) is 4.90 Å². The summed E-state index contributed by atoms with van der Waals surface area (Å²) in [4.78, 5) is 26.6. The molecule has 1 aliphatic heterocycles. The minimum atomic E-state index is -0.473. The lowest BCUT2D eigenvalue weighted by Gasteiger charge is -2.30. The summed E-state index contributed by atoms with van der Waals surface area (Å²) in [5.41, 5.74) is 2.44. The zero-order chi connectivity index (χ0) is 17.3. The van der Waals surface area contributed by atoms with Crippen molar-refractivity contribution in [1.29, 1.82) is 0 Å². The fraction of sp³-hybridized carbons (Fsp3) is 0.167. The molecule has 6 heteroatoms. The monoisotopic (exact) mass is 339 g/mol. The van der Waals surface area contributed by atoms with E-state index >= 15 is 0 Å². The van der Waals surface area contributed by atoms with E-state index in [4.69, 9.17) is 12.2 Å². The van der Waals surface area contributed by atoms with Gasteiger partial charge in [0.2, 0.25) is 0 Å². The second-order valence-corrected chi connectivity index (χ2v) is 5.85. The van der Waals surface area contributed by atoms with Crippen LogP contribution >= 0.6 is 12.2 Å². The molecule has 1 aromatic heterocycles. The van der Waals surface area contributed by atoms with E-state index in [2.05, 4.69) is 5.32 Å². The van der Waals surface area contributed by atoms with Crippen molar-refractivity contribution in [3.8, 4) is 0 Å². The van der Waals surface area contributed by atoms with Crippen LogP contribution in [0, 0.1) is 6.92 Å². The Hall–Kier alpha value is -2.73. The smallest absolute Gasteiger partial charge is 0.270 e. The van der Waals surface area contributed by atoms with Gasteiger partial charge in [-0.2, -0.15) is 0 Å². The fourth-order valence-electron chi connectivity index (χ4n) is 2.68. The molecule has 0 saturated carbocycles. The van der Waals surface area contributed by atoms with E-state index in [9.17, 15) is 9.59 Å². The second kappa shape index (κ2) is 6.41. The average Bonchev–Trinajstić information content (AvgIpc) is 3.00. The number of benzene rings is 1. The third-order valence-corrected chi connectivity index (χ3v) is 4.24. The molecule has 2 heterocycles. The predicted molar refractivity (Wildman–Crippen MR) is 97.5 cm³/mol. The van der Waals surface area contributed by atoms with Crippen LogP contribution < -0.4 is 10.2 Å². The van der Waals surface area contributed by atoms with Gasteiger partial charge in [0.25, 0.3) is 11.8 Å². The summed E-state index contributed by atoms with van der Waals surface area (Å²) < 4.78 is 1.96. The zero-order valence-electron chi connectivity index (χ0n) is 13.4. The van der Waals surface area contributed by atoms with E-state index in [0.717, 1.165) is 17.8 Å². The first-order chi connectivity index (χ1) is 11.5. The molecule has 2 aromatic rings. The Morgan fingerprint density at radius 1 is 1.17 bits per heavy atom. The van der Waals surface area contributed by atoms with E-state index in [0.29, 0.717) is 5.69 Å². The quantitative estimate of drug-likeness (QED) is 0.531. The first kappa shape index (κ1) is 16.1. The number of anilines is 1. The van der Waals surface area contributed by atoms with Crippen LogP contribution in [0.15, 0.2) is 48.2 Å². The zero-order valence-corrected chi connectivity index (χ0v) is 14.3. The topological polar surface area (TPSA) is 54.3 Å². The number of rotatable bonds is 3. The van der Waals surface area contributed by atoms with Gasteiger partial charge in [0.1, 0.15) is 5.57 Å². The van der Waals surface area contributed by atoms with Gasteiger partial charge in [0.15, 0.2) is 5.11 Å². The highest BCUT2D eigenvalue weighted by molar-refractivity contribution is 7.80. The van der Waals surface area contributed by atoms with E-state index in [1.807, 2.05) is 61.0 Å². The molecule has 0 spiro atoms. The number of para-hydroxylation sites is 1. The molecule has 24 heavy (non-hydrogen) atoms. The van der Waals surface area contributed by atoms with Gasteiger partial charge in [-0.1, -0.05) is 18.2 Å². The molecule has 2 amide bonds. The maximum atomic E-state index is 12.9. The largest absolute Gasteiger partial charge is 0.348 e. The Labute approximate surface area is 145 Å². The molecule has 0 aliphatic carbocycles. The lowest BCUT2D eigenvalue weighted by molar-refractivity contribution is -0.122. The minimum absolute atomic E-state index is 0.0697. The Morgan fingerprint density at radius 3 is 2.62 bits per heavy atom. The number of nitrogens with zero attached hydrogens (tertiary/aromatic N) is 2. The molecule has 5 nitrogen and oxygen atoms in total. The van der Waals surface area contributed by atoms with E-state index in [-0.39, 0.29) is 10.7 Å². The van der Waals surface area contributed by atoms with Crippen molar-refractivity contribution in [2.45, 2.75) is 20.4 Å².